The molecule has 1 rings (SSSR count). The number of ketones is 1. The fraction of sp³-hybridized carbons (Fsp3) is 0.714. The topological polar surface area (TPSA) is 37.4 Å². The summed E-state index contributed by atoms with van der Waals surface area (Å²) in [5, 5.41) is -0.0984. The average Bonchev–Trinajstić information content (AvgIpc) is 1.97. The van der Waals surface area contributed by atoms with Crippen LogP contribution in [0.3, 0.4) is 0 Å². The summed E-state index contributed by atoms with van der Waals surface area (Å²) in [5.74, 6) is 0.239. The van der Waals surface area contributed by atoms with E-state index in [2.05, 4.69) is 0 Å². The maximum atomic E-state index is 11.2. The molecule has 1 aliphatic heterocycles. The predicted molar refractivity (Wildman–Crippen MR) is 44.6 cm³/mol. The Morgan fingerprint density at radius 3 is 2.73 bits per heavy atom. The molecule has 0 aromatic heterocycles. The number of amides is 1. The summed E-state index contributed by atoms with van der Waals surface area (Å²) in [6.45, 7) is 0.282. The van der Waals surface area contributed by atoms with Crippen molar-refractivity contribution in [3.05, 3.63) is 0 Å². The highest BCUT2D eigenvalue weighted by molar-refractivity contribution is 8.00. The van der Waals surface area contributed by atoms with E-state index in [1.54, 1.807) is 7.05 Å². The second kappa shape index (κ2) is 3.26. The van der Waals surface area contributed by atoms with Gasteiger partial charge in [-0.05, 0) is 6.26 Å². The van der Waals surface area contributed by atoms with Gasteiger partial charge in [0.25, 0.3) is 0 Å². The Labute approximate surface area is 70.1 Å². The largest absolute Gasteiger partial charge is 0.338 e. The molecule has 0 aliphatic carbocycles. The van der Waals surface area contributed by atoms with Gasteiger partial charge in [0.15, 0.2) is 5.78 Å². The molecule has 1 aliphatic rings. The van der Waals surface area contributed by atoms with Crippen LogP contribution in [0.1, 0.15) is 6.42 Å². The molecule has 11 heavy (non-hydrogen) atoms. The maximum absolute atomic E-state index is 11.2. The lowest BCUT2D eigenvalue weighted by atomic mass is 10.1. The molecule has 4 heteroatoms. The van der Waals surface area contributed by atoms with Crippen molar-refractivity contribution in [1.82, 2.24) is 4.90 Å². The van der Waals surface area contributed by atoms with Gasteiger partial charge in [-0.2, -0.15) is 11.8 Å². The lowest BCUT2D eigenvalue weighted by Crippen LogP contribution is -2.43. The van der Waals surface area contributed by atoms with Gasteiger partial charge < -0.3 is 4.90 Å². The van der Waals surface area contributed by atoms with Crippen molar-refractivity contribution < 1.29 is 9.59 Å². The number of Topliss-reactive ketones (excluding diaryl/α,β-unsaturated/α-hetero) is 1. The Hall–Kier alpha value is -0.510. The van der Waals surface area contributed by atoms with Crippen molar-refractivity contribution in [3.8, 4) is 0 Å². The zero-order chi connectivity index (χ0) is 8.43. The molecule has 0 aromatic carbocycles. The van der Waals surface area contributed by atoms with Crippen molar-refractivity contribution in [2.24, 2.45) is 0 Å². The number of rotatable bonds is 1. The maximum Gasteiger partial charge on any atom is 0.224 e. The monoisotopic (exact) mass is 173 g/mol. The molecule has 1 amide bonds. The molecular formula is C7H11NO2S. The quantitative estimate of drug-likeness (QED) is 0.566. The Morgan fingerprint density at radius 2 is 2.18 bits per heavy atom. The van der Waals surface area contributed by atoms with E-state index in [-0.39, 0.29) is 23.5 Å². The van der Waals surface area contributed by atoms with Gasteiger partial charge in [0.1, 0.15) is 0 Å². The number of carbonyl (C=O) groups is 2. The number of carbonyl (C=O) groups excluding carboxylic acids is 2. The first-order chi connectivity index (χ1) is 5.15. The fourth-order valence-electron chi connectivity index (χ4n) is 1.07. The summed E-state index contributed by atoms with van der Waals surface area (Å²) >= 11 is 1.46. The van der Waals surface area contributed by atoms with Crippen LogP contribution < -0.4 is 0 Å². The number of thioether (sulfide) groups is 1. The van der Waals surface area contributed by atoms with Crippen LogP contribution in [0.4, 0.5) is 0 Å². The molecule has 1 heterocycles. The summed E-state index contributed by atoms with van der Waals surface area (Å²) in [7, 11) is 1.66. The number of hydrogen-bond donors (Lipinski definition) is 0. The van der Waals surface area contributed by atoms with Gasteiger partial charge in [-0.15, -0.1) is 0 Å². The number of nitrogens with zero attached hydrogens (tertiary/aromatic N) is 1. The Morgan fingerprint density at radius 1 is 1.55 bits per heavy atom. The molecule has 0 N–H and O–H groups in total. The number of likely N-dealkylation sites (tertiary alicyclic amines) is 1. The van der Waals surface area contributed by atoms with E-state index in [1.165, 1.54) is 16.7 Å². The first-order valence-corrected chi connectivity index (χ1v) is 4.73. The zero-order valence-corrected chi connectivity index (χ0v) is 7.48. The van der Waals surface area contributed by atoms with Crippen molar-refractivity contribution in [2.45, 2.75) is 11.7 Å². The minimum Gasteiger partial charge on any atom is -0.338 e. The second-order valence-corrected chi connectivity index (χ2v) is 3.69. The van der Waals surface area contributed by atoms with Crippen LogP contribution in [0.25, 0.3) is 0 Å². The lowest BCUT2D eigenvalue weighted by Gasteiger charge is -2.26. The van der Waals surface area contributed by atoms with Crippen LogP contribution in [0.15, 0.2) is 0 Å². The molecular weight excluding hydrogens is 162 g/mol. The van der Waals surface area contributed by atoms with Gasteiger partial charge in [-0.25, -0.2) is 0 Å². The Bertz CT molecular complexity index is 193. The van der Waals surface area contributed by atoms with E-state index in [1.807, 2.05) is 6.26 Å². The molecule has 1 unspecified atom stereocenters. The normalized spacial score (nSPS) is 26.0. The standard InChI is InChI=1S/C7H11NO2S/c1-8-4-5(9)6(11-2)3-7(8)10/h6H,3-4H2,1-2H3. The van der Waals surface area contributed by atoms with Crippen molar-refractivity contribution in [1.29, 1.82) is 0 Å². The van der Waals surface area contributed by atoms with E-state index < -0.39 is 0 Å². The van der Waals surface area contributed by atoms with Gasteiger partial charge in [0, 0.05) is 13.5 Å². The summed E-state index contributed by atoms with van der Waals surface area (Å²) in [4.78, 5) is 23.7. The zero-order valence-electron chi connectivity index (χ0n) is 6.66. The predicted octanol–water partition coefficient (Wildman–Crippen LogP) is 0.149. The van der Waals surface area contributed by atoms with Crippen LogP contribution in [0.5, 0.6) is 0 Å². The van der Waals surface area contributed by atoms with Crippen molar-refractivity contribution in [2.75, 3.05) is 19.8 Å². The summed E-state index contributed by atoms with van der Waals surface area (Å²) in [5.41, 5.74) is 0. The van der Waals surface area contributed by atoms with Crippen LogP contribution in [-0.2, 0) is 9.59 Å². The fourth-order valence-corrected chi connectivity index (χ4v) is 1.71. The first kappa shape index (κ1) is 8.59. The van der Waals surface area contributed by atoms with Crippen LogP contribution >= 0.6 is 11.8 Å². The van der Waals surface area contributed by atoms with Gasteiger partial charge in [-0.3, -0.25) is 9.59 Å². The van der Waals surface area contributed by atoms with E-state index in [4.69, 9.17) is 0 Å². The van der Waals surface area contributed by atoms with E-state index in [0.717, 1.165) is 0 Å². The molecule has 0 spiro atoms. The molecule has 0 radical (unpaired) electrons. The van der Waals surface area contributed by atoms with Gasteiger partial charge >= 0.3 is 0 Å². The number of likely N-dealkylation sites (N-methyl/N-ethyl adjacent to an activating group) is 1. The van der Waals surface area contributed by atoms with Crippen molar-refractivity contribution in [3.63, 3.8) is 0 Å². The highest BCUT2D eigenvalue weighted by atomic mass is 32.2. The summed E-state index contributed by atoms with van der Waals surface area (Å²) in [6, 6.07) is 0. The lowest BCUT2D eigenvalue weighted by molar-refractivity contribution is -0.138. The molecule has 0 saturated carbocycles. The third-order valence-electron chi connectivity index (χ3n) is 1.82. The second-order valence-electron chi connectivity index (χ2n) is 2.64. The highest BCUT2D eigenvalue weighted by Gasteiger charge is 2.29. The summed E-state index contributed by atoms with van der Waals surface area (Å²) < 4.78 is 0. The Balaban J connectivity index is 2.62. The van der Waals surface area contributed by atoms with E-state index >= 15 is 0 Å². The smallest absolute Gasteiger partial charge is 0.224 e. The average molecular weight is 173 g/mol. The van der Waals surface area contributed by atoms with Gasteiger partial charge in [0.2, 0.25) is 5.91 Å². The minimum absolute atomic E-state index is 0.0731. The molecule has 1 saturated heterocycles. The SMILES string of the molecule is CSC1CC(=O)N(C)CC1=O. The van der Waals surface area contributed by atoms with Crippen LogP contribution in [0.2, 0.25) is 0 Å². The highest BCUT2D eigenvalue weighted by Crippen LogP contribution is 2.17. The molecule has 0 aromatic rings. The van der Waals surface area contributed by atoms with Crippen LogP contribution in [0, 0.1) is 0 Å². The van der Waals surface area contributed by atoms with Gasteiger partial charge in [-0.1, -0.05) is 0 Å². The van der Waals surface area contributed by atoms with Gasteiger partial charge in [0.05, 0.1) is 11.8 Å². The van der Waals surface area contributed by atoms with E-state index in [0.29, 0.717) is 6.42 Å². The van der Waals surface area contributed by atoms with E-state index in [9.17, 15) is 9.59 Å². The third kappa shape index (κ3) is 1.74. The Kier molecular flexibility index (Phi) is 2.54. The number of piperidine rings is 1. The van der Waals surface area contributed by atoms with Crippen LogP contribution in [-0.4, -0.2) is 41.7 Å². The number of hydrogen-bond acceptors (Lipinski definition) is 3. The molecule has 1 fully saturated rings. The molecule has 0 bridgehead atoms. The third-order valence-corrected chi connectivity index (χ3v) is 2.82. The summed E-state index contributed by atoms with van der Waals surface area (Å²) in [6.07, 6.45) is 2.23. The molecule has 1 atom stereocenters. The molecule has 3 nitrogen and oxygen atoms in total. The van der Waals surface area contributed by atoms with Crippen molar-refractivity contribution >= 4 is 23.5 Å². The first-order valence-electron chi connectivity index (χ1n) is 3.44. The molecule has 62 valence electrons. The minimum atomic E-state index is -0.0984.